The fraction of sp³-hybridized carbons (Fsp3) is 0.467. The Bertz CT molecular complexity index is 533. The Morgan fingerprint density at radius 1 is 1.58 bits per heavy atom. The Morgan fingerprint density at radius 2 is 2.32 bits per heavy atom. The van der Waals surface area contributed by atoms with Gasteiger partial charge in [0.1, 0.15) is 0 Å². The second-order valence-corrected chi connectivity index (χ2v) is 5.11. The number of aliphatic hydroxyl groups is 1. The molecule has 1 aromatic rings. The van der Waals surface area contributed by atoms with E-state index in [1.165, 1.54) is 6.92 Å². The van der Waals surface area contributed by atoms with Gasteiger partial charge in [0.05, 0.1) is 24.3 Å². The molecule has 0 saturated carbocycles. The van der Waals surface area contributed by atoms with Crippen molar-refractivity contribution < 1.29 is 9.90 Å². The molecule has 1 saturated heterocycles. The monoisotopic (exact) mass is 258 g/mol. The summed E-state index contributed by atoms with van der Waals surface area (Å²) >= 11 is 0. The Balaban J connectivity index is 2.48. The highest BCUT2D eigenvalue weighted by Gasteiger charge is 2.32. The van der Waals surface area contributed by atoms with Crippen LogP contribution in [0.15, 0.2) is 18.2 Å². The molecule has 1 heterocycles. The number of ketones is 1. The summed E-state index contributed by atoms with van der Waals surface area (Å²) in [5, 5.41) is 18.5. The number of nitriles is 1. The predicted molar refractivity (Wildman–Crippen MR) is 73.2 cm³/mol. The average molecular weight is 258 g/mol. The third kappa shape index (κ3) is 2.47. The highest BCUT2D eigenvalue weighted by molar-refractivity contribution is 6.00. The summed E-state index contributed by atoms with van der Waals surface area (Å²) in [6, 6.07) is 7.23. The lowest BCUT2D eigenvalue weighted by atomic mass is 10.0. The first-order valence-electron chi connectivity index (χ1n) is 6.51. The van der Waals surface area contributed by atoms with Gasteiger partial charge in [0.2, 0.25) is 0 Å². The molecule has 1 N–H and O–H groups in total. The van der Waals surface area contributed by atoms with Crippen LogP contribution in [-0.4, -0.2) is 30.1 Å². The van der Waals surface area contributed by atoms with Crippen LogP contribution in [0, 0.1) is 17.2 Å². The van der Waals surface area contributed by atoms with Crippen LogP contribution in [0.4, 0.5) is 5.69 Å². The molecule has 1 aliphatic rings. The molecular weight excluding hydrogens is 240 g/mol. The molecule has 0 aliphatic carbocycles. The number of nitrogens with zero attached hydrogens (tertiary/aromatic N) is 2. The zero-order valence-corrected chi connectivity index (χ0v) is 11.3. The third-order valence-corrected chi connectivity index (χ3v) is 3.89. The van der Waals surface area contributed by atoms with E-state index < -0.39 is 0 Å². The largest absolute Gasteiger partial charge is 0.394 e. The maximum Gasteiger partial charge on any atom is 0.161 e. The molecule has 1 aromatic carbocycles. The first-order valence-corrected chi connectivity index (χ1v) is 6.51. The molecule has 4 nitrogen and oxygen atoms in total. The van der Waals surface area contributed by atoms with Gasteiger partial charge < -0.3 is 10.0 Å². The number of rotatable bonds is 3. The summed E-state index contributed by atoms with van der Waals surface area (Å²) in [5.41, 5.74) is 1.93. The zero-order valence-electron chi connectivity index (χ0n) is 11.3. The molecule has 0 amide bonds. The van der Waals surface area contributed by atoms with Crippen molar-refractivity contribution in [2.75, 3.05) is 18.1 Å². The Labute approximate surface area is 113 Å². The van der Waals surface area contributed by atoms with E-state index in [1.54, 1.807) is 18.2 Å². The van der Waals surface area contributed by atoms with Crippen LogP contribution in [0.3, 0.4) is 0 Å². The van der Waals surface area contributed by atoms with E-state index in [-0.39, 0.29) is 18.4 Å². The number of anilines is 1. The molecule has 0 bridgehead atoms. The highest BCUT2D eigenvalue weighted by Crippen LogP contribution is 2.32. The molecule has 4 heteroatoms. The van der Waals surface area contributed by atoms with Crippen LogP contribution >= 0.6 is 0 Å². The van der Waals surface area contributed by atoms with E-state index in [9.17, 15) is 9.90 Å². The molecule has 0 radical (unpaired) electrons. The van der Waals surface area contributed by atoms with E-state index in [1.807, 2.05) is 0 Å². The second-order valence-electron chi connectivity index (χ2n) is 5.11. The minimum atomic E-state index is -0.0178. The van der Waals surface area contributed by atoms with Crippen molar-refractivity contribution in [1.29, 1.82) is 5.26 Å². The van der Waals surface area contributed by atoms with Gasteiger partial charge in [0, 0.05) is 17.8 Å². The number of hydrogen-bond acceptors (Lipinski definition) is 4. The molecule has 19 heavy (non-hydrogen) atoms. The van der Waals surface area contributed by atoms with Crippen molar-refractivity contribution >= 4 is 11.5 Å². The lowest BCUT2D eigenvalue weighted by molar-refractivity contribution is 0.101. The lowest BCUT2D eigenvalue weighted by Crippen LogP contribution is -2.36. The first-order chi connectivity index (χ1) is 9.08. The molecule has 2 atom stereocenters. The number of hydrogen-bond donors (Lipinski definition) is 1. The van der Waals surface area contributed by atoms with Crippen LogP contribution in [0.1, 0.15) is 36.2 Å². The molecular formula is C15H18N2O2. The third-order valence-electron chi connectivity index (χ3n) is 3.89. The molecule has 1 aliphatic heterocycles. The molecule has 0 aromatic heterocycles. The van der Waals surface area contributed by atoms with Crippen LogP contribution in [0.5, 0.6) is 0 Å². The van der Waals surface area contributed by atoms with Crippen LogP contribution in [0.2, 0.25) is 0 Å². The summed E-state index contributed by atoms with van der Waals surface area (Å²) in [7, 11) is 0. The van der Waals surface area contributed by atoms with Gasteiger partial charge >= 0.3 is 0 Å². The minimum absolute atomic E-state index is 0.0178. The Morgan fingerprint density at radius 3 is 2.89 bits per heavy atom. The van der Waals surface area contributed by atoms with Crippen molar-refractivity contribution in [3.05, 3.63) is 29.3 Å². The first kappa shape index (κ1) is 13.6. The van der Waals surface area contributed by atoms with Crippen LogP contribution < -0.4 is 4.90 Å². The van der Waals surface area contributed by atoms with Crippen molar-refractivity contribution in [3.8, 4) is 6.07 Å². The number of carbonyl (C=O) groups is 1. The molecule has 2 rings (SSSR count). The molecule has 100 valence electrons. The van der Waals surface area contributed by atoms with Gasteiger partial charge in [-0.15, -0.1) is 0 Å². The summed E-state index contributed by atoms with van der Waals surface area (Å²) < 4.78 is 0. The summed E-state index contributed by atoms with van der Waals surface area (Å²) in [5.74, 6) is 0.367. The second kappa shape index (κ2) is 5.41. The Kier molecular flexibility index (Phi) is 3.87. The van der Waals surface area contributed by atoms with E-state index in [0.29, 0.717) is 17.0 Å². The lowest BCUT2D eigenvalue weighted by Gasteiger charge is -2.29. The van der Waals surface area contributed by atoms with Gasteiger partial charge in [-0.05, 0) is 37.5 Å². The van der Waals surface area contributed by atoms with Gasteiger partial charge in [0.15, 0.2) is 5.78 Å². The van der Waals surface area contributed by atoms with Gasteiger partial charge in [-0.25, -0.2) is 0 Å². The van der Waals surface area contributed by atoms with E-state index >= 15 is 0 Å². The fourth-order valence-electron chi connectivity index (χ4n) is 2.72. The van der Waals surface area contributed by atoms with Crippen molar-refractivity contribution in [2.45, 2.75) is 26.3 Å². The summed E-state index contributed by atoms with van der Waals surface area (Å²) in [6.45, 7) is 4.50. The maximum absolute atomic E-state index is 11.7. The number of carbonyl (C=O) groups excluding carboxylic acids is 1. The van der Waals surface area contributed by atoms with Gasteiger partial charge in [0.25, 0.3) is 0 Å². The average Bonchev–Trinajstić information content (AvgIpc) is 2.78. The highest BCUT2D eigenvalue weighted by atomic mass is 16.3. The van der Waals surface area contributed by atoms with E-state index in [2.05, 4.69) is 17.9 Å². The van der Waals surface area contributed by atoms with Gasteiger partial charge in [-0.2, -0.15) is 5.26 Å². The SMILES string of the molecule is CC(=O)c1ccc(C#N)cc1N1CCC(C)C1CO. The predicted octanol–water partition coefficient (Wildman–Crippen LogP) is 1.97. The quantitative estimate of drug-likeness (QED) is 0.842. The van der Waals surface area contributed by atoms with Crippen LogP contribution in [0.25, 0.3) is 0 Å². The fourth-order valence-corrected chi connectivity index (χ4v) is 2.72. The van der Waals surface area contributed by atoms with Gasteiger partial charge in [-0.3, -0.25) is 4.79 Å². The number of Topliss-reactive ketones (excluding diaryl/α,β-unsaturated/α-hetero) is 1. The maximum atomic E-state index is 11.7. The molecule has 0 spiro atoms. The standard InChI is InChI=1S/C15H18N2O2/c1-10-5-6-17(15(10)9-18)14-7-12(8-16)3-4-13(14)11(2)19/h3-4,7,10,15,18H,5-6,9H2,1-2H3. The van der Waals surface area contributed by atoms with Crippen molar-refractivity contribution in [2.24, 2.45) is 5.92 Å². The zero-order chi connectivity index (χ0) is 14.0. The topological polar surface area (TPSA) is 64.3 Å². The summed E-state index contributed by atoms with van der Waals surface area (Å²) in [6.07, 6.45) is 0.985. The number of benzene rings is 1. The van der Waals surface area contributed by atoms with Gasteiger partial charge in [-0.1, -0.05) is 6.92 Å². The normalized spacial score (nSPS) is 22.3. The van der Waals surface area contributed by atoms with Crippen LogP contribution in [-0.2, 0) is 0 Å². The van der Waals surface area contributed by atoms with Crippen molar-refractivity contribution in [3.63, 3.8) is 0 Å². The molecule has 1 fully saturated rings. The molecule has 2 unspecified atom stereocenters. The van der Waals surface area contributed by atoms with Crippen molar-refractivity contribution in [1.82, 2.24) is 0 Å². The minimum Gasteiger partial charge on any atom is -0.394 e. The summed E-state index contributed by atoms with van der Waals surface area (Å²) in [4.78, 5) is 13.8. The Hall–Kier alpha value is -1.86. The van der Waals surface area contributed by atoms with E-state index in [4.69, 9.17) is 5.26 Å². The smallest absolute Gasteiger partial charge is 0.161 e. The number of aliphatic hydroxyl groups excluding tert-OH is 1. The van der Waals surface area contributed by atoms with E-state index in [0.717, 1.165) is 18.7 Å².